The maximum absolute atomic E-state index is 6.16. The molecule has 0 saturated heterocycles. The topological polar surface area (TPSA) is 9.23 Å². The second kappa shape index (κ2) is 14.3. The zero-order valence-corrected chi connectivity index (χ0v) is 25.3. The summed E-state index contributed by atoms with van der Waals surface area (Å²) in [5.74, 6) is 0.704. The molecule has 0 aromatic heterocycles. The summed E-state index contributed by atoms with van der Waals surface area (Å²) < 4.78 is 6.16. The van der Waals surface area contributed by atoms with Crippen LogP contribution in [-0.4, -0.2) is 22.5 Å². The monoisotopic (exact) mass is 556 g/mol. The van der Waals surface area contributed by atoms with Gasteiger partial charge in [0.2, 0.25) is 0 Å². The molecule has 0 aliphatic heterocycles. The van der Waals surface area contributed by atoms with E-state index in [1.807, 2.05) is 0 Å². The van der Waals surface area contributed by atoms with Crippen LogP contribution < -0.4 is 32.9 Å². The van der Waals surface area contributed by atoms with Gasteiger partial charge in [0.15, 0.2) is 9.76 Å². The van der Waals surface area contributed by atoms with Crippen LogP contribution in [0.25, 0.3) is 0 Å². The third-order valence-corrected chi connectivity index (χ3v) is 13.7. The van der Waals surface area contributed by atoms with Crippen molar-refractivity contribution in [3.05, 3.63) is 91.0 Å². The normalized spacial score (nSPS) is 12.3. The first kappa shape index (κ1) is 29.0. The van der Waals surface area contributed by atoms with Gasteiger partial charge in [0.1, 0.15) is 23.2 Å². The molecule has 3 aromatic rings. The highest BCUT2D eigenvalue weighted by Gasteiger charge is 2.44. The van der Waals surface area contributed by atoms with Crippen molar-refractivity contribution in [2.45, 2.75) is 58.4 Å². The number of benzene rings is 3. The van der Waals surface area contributed by atoms with Gasteiger partial charge < -0.3 is 21.4 Å². The molecule has 0 N–H and O–H groups in total. The van der Waals surface area contributed by atoms with E-state index in [9.17, 15) is 0 Å². The highest BCUT2D eigenvalue weighted by molar-refractivity contribution is 7.95. The first-order valence-electron chi connectivity index (χ1n) is 12.6. The van der Waals surface area contributed by atoms with E-state index in [1.54, 1.807) is 0 Å². The standard InChI is InChI=1S/C30H42OPSi.BrH/c1-26(2)30(3,4)33-31-24-16-5-6-17-25-32(27-18-10-7-11-19-27,28-20-12-8-13-21-28)29-22-14-9-15-23-29;/h7-15,18-23,26H,5-6,16-17,24-25,33H2,1-4H3;1H/q+1;/p-1. The molecule has 0 atom stereocenters. The number of hydrogen-bond donors (Lipinski definition) is 0. The van der Waals surface area contributed by atoms with Crippen molar-refractivity contribution in [1.29, 1.82) is 0 Å². The van der Waals surface area contributed by atoms with Gasteiger partial charge >= 0.3 is 0 Å². The minimum absolute atomic E-state index is 0. The zero-order chi connectivity index (χ0) is 23.6. The first-order chi connectivity index (χ1) is 16.0. The third-order valence-electron chi connectivity index (χ3n) is 7.16. The molecule has 0 spiro atoms. The van der Waals surface area contributed by atoms with Crippen LogP contribution >= 0.6 is 7.26 Å². The van der Waals surface area contributed by atoms with Crippen LogP contribution in [0.4, 0.5) is 0 Å². The molecule has 0 radical (unpaired) electrons. The van der Waals surface area contributed by atoms with Gasteiger partial charge in [-0.05, 0) is 66.6 Å². The molecule has 0 aliphatic rings. The van der Waals surface area contributed by atoms with Crippen molar-refractivity contribution in [2.75, 3.05) is 12.8 Å². The Labute approximate surface area is 221 Å². The average molecular weight is 558 g/mol. The average Bonchev–Trinajstić information content (AvgIpc) is 2.85. The van der Waals surface area contributed by atoms with Gasteiger partial charge in [-0.1, -0.05) is 88.7 Å². The summed E-state index contributed by atoms with van der Waals surface area (Å²) in [4.78, 5) is 0. The summed E-state index contributed by atoms with van der Waals surface area (Å²) in [5.41, 5.74) is 0. The van der Waals surface area contributed by atoms with Crippen molar-refractivity contribution in [3.8, 4) is 0 Å². The Morgan fingerprint density at radius 3 is 1.50 bits per heavy atom. The van der Waals surface area contributed by atoms with Crippen molar-refractivity contribution in [1.82, 2.24) is 0 Å². The zero-order valence-electron chi connectivity index (χ0n) is 21.4. The fourth-order valence-electron chi connectivity index (χ4n) is 4.29. The van der Waals surface area contributed by atoms with Gasteiger partial charge in [-0.15, -0.1) is 0 Å². The molecular weight excluding hydrogens is 515 g/mol. The lowest BCUT2D eigenvalue weighted by Crippen LogP contribution is -3.00. The second-order valence-electron chi connectivity index (χ2n) is 10.2. The van der Waals surface area contributed by atoms with Crippen LogP contribution in [0.3, 0.4) is 0 Å². The summed E-state index contributed by atoms with van der Waals surface area (Å²) in [6.45, 7) is 10.3. The highest BCUT2D eigenvalue weighted by Crippen LogP contribution is 2.56. The molecular formula is C30H42BrOPSi. The summed E-state index contributed by atoms with van der Waals surface area (Å²) in [7, 11) is -2.14. The molecule has 0 saturated carbocycles. The molecule has 0 aliphatic carbocycles. The van der Waals surface area contributed by atoms with Crippen molar-refractivity contribution < 1.29 is 21.4 Å². The van der Waals surface area contributed by atoms with E-state index >= 15 is 0 Å². The number of hydrogen-bond acceptors (Lipinski definition) is 1. The van der Waals surface area contributed by atoms with Crippen LogP contribution in [0, 0.1) is 5.92 Å². The van der Waals surface area contributed by atoms with Crippen LogP contribution in [0.1, 0.15) is 53.4 Å². The fourth-order valence-corrected chi connectivity index (χ4v) is 9.91. The Kier molecular flexibility index (Phi) is 12.2. The summed E-state index contributed by atoms with van der Waals surface area (Å²) in [6, 6.07) is 33.7. The van der Waals surface area contributed by atoms with Crippen molar-refractivity contribution in [3.63, 3.8) is 0 Å². The predicted octanol–water partition coefficient (Wildman–Crippen LogP) is 3.50. The van der Waals surface area contributed by atoms with E-state index < -0.39 is 17.0 Å². The van der Waals surface area contributed by atoms with Crippen LogP contribution in [0.2, 0.25) is 5.04 Å². The molecule has 0 heterocycles. The minimum Gasteiger partial charge on any atom is -1.00 e. The summed E-state index contributed by atoms with van der Waals surface area (Å²) >= 11 is 0. The van der Waals surface area contributed by atoms with E-state index in [0.29, 0.717) is 11.0 Å². The molecule has 4 heteroatoms. The molecule has 34 heavy (non-hydrogen) atoms. The first-order valence-corrected chi connectivity index (χ1v) is 15.9. The Morgan fingerprint density at radius 2 is 1.09 bits per heavy atom. The van der Waals surface area contributed by atoms with Crippen LogP contribution in [0.15, 0.2) is 91.0 Å². The molecule has 3 aromatic carbocycles. The smallest absolute Gasteiger partial charge is 0.167 e. The quantitative estimate of drug-likeness (QED) is 0.178. The molecule has 184 valence electrons. The lowest BCUT2D eigenvalue weighted by atomic mass is 9.99. The van der Waals surface area contributed by atoms with E-state index in [1.165, 1.54) is 47.8 Å². The molecule has 0 amide bonds. The van der Waals surface area contributed by atoms with E-state index in [2.05, 4.69) is 119 Å². The van der Waals surface area contributed by atoms with E-state index in [4.69, 9.17) is 4.43 Å². The highest BCUT2D eigenvalue weighted by atomic mass is 79.9. The van der Waals surface area contributed by atoms with Crippen LogP contribution in [0.5, 0.6) is 0 Å². The Hall–Kier alpha value is -1.25. The van der Waals surface area contributed by atoms with Gasteiger partial charge in [0, 0.05) is 6.61 Å². The van der Waals surface area contributed by atoms with Gasteiger partial charge in [0.05, 0.1) is 6.16 Å². The number of unbranched alkanes of at least 4 members (excludes halogenated alkanes) is 3. The van der Waals surface area contributed by atoms with Crippen LogP contribution in [-0.2, 0) is 4.43 Å². The largest absolute Gasteiger partial charge is 1.00 e. The third kappa shape index (κ3) is 7.62. The maximum atomic E-state index is 6.16. The summed E-state index contributed by atoms with van der Waals surface area (Å²) in [5, 5.41) is 4.87. The lowest BCUT2D eigenvalue weighted by molar-refractivity contribution is -0.00000734. The van der Waals surface area contributed by atoms with E-state index in [0.717, 1.165) is 6.61 Å². The van der Waals surface area contributed by atoms with Crippen molar-refractivity contribution in [2.24, 2.45) is 5.92 Å². The lowest BCUT2D eigenvalue weighted by Gasteiger charge is -2.28. The molecule has 0 fully saturated rings. The molecule has 1 nitrogen and oxygen atoms in total. The second-order valence-corrected chi connectivity index (χ2v) is 16.3. The summed E-state index contributed by atoms with van der Waals surface area (Å²) in [6.07, 6.45) is 6.19. The van der Waals surface area contributed by atoms with E-state index in [-0.39, 0.29) is 17.0 Å². The number of halogens is 1. The molecule has 3 rings (SSSR count). The Balaban J connectivity index is 0.00000408. The fraction of sp³-hybridized carbons (Fsp3) is 0.400. The maximum Gasteiger partial charge on any atom is 0.167 e. The van der Waals surface area contributed by atoms with Crippen molar-refractivity contribution >= 4 is 32.9 Å². The van der Waals surface area contributed by atoms with Gasteiger partial charge in [-0.2, -0.15) is 0 Å². The predicted molar refractivity (Wildman–Crippen MR) is 152 cm³/mol. The van der Waals surface area contributed by atoms with Gasteiger partial charge in [-0.3, -0.25) is 0 Å². The van der Waals surface area contributed by atoms with Gasteiger partial charge in [0.25, 0.3) is 0 Å². The number of rotatable bonds is 13. The SMILES string of the molecule is CC(C)C(C)(C)[SiH2]OCCCCCC[P+](c1ccccc1)(c1ccccc1)c1ccccc1.[Br-]. The minimum atomic E-state index is -1.67. The van der Waals surface area contributed by atoms with Gasteiger partial charge in [-0.25, -0.2) is 0 Å². The molecule has 0 bridgehead atoms. The Bertz CT molecular complexity index is 835. The Morgan fingerprint density at radius 1 is 0.676 bits per heavy atom. The molecule has 0 unspecified atom stereocenters.